The molecular formula is C27H22F2N4O7. The second-order valence-electron chi connectivity index (χ2n) is 10.2. The summed E-state index contributed by atoms with van der Waals surface area (Å²) < 4.78 is 41.1. The smallest absolute Gasteiger partial charge is 0.322 e. The van der Waals surface area contributed by atoms with Crippen LogP contribution in [0.15, 0.2) is 34.7 Å². The van der Waals surface area contributed by atoms with Gasteiger partial charge in [0, 0.05) is 30.6 Å². The summed E-state index contributed by atoms with van der Waals surface area (Å²) in [5.74, 6) is -4.36. The Morgan fingerprint density at radius 3 is 2.48 bits per heavy atom. The quantitative estimate of drug-likeness (QED) is 0.365. The van der Waals surface area contributed by atoms with Gasteiger partial charge in [0.2, 0.25) is 5.91 Å². The molecule has 13 heteroatoms. The van der Waals surface area contributed by atoms with Gasteiger partial charge in [0.25, 0.3) is 11.8 Å². The van der Waals surface area contributed by atoms with Gasteiger partial charge in [0.05, 0.1) is 25.6 Å². The molecule has 2 fully saturated rings. The number of nitrogens with zero attached hydrogens (tertiary/aromatic N) is 2. The van der Waals surface area contributed by atoms with Crippen LogP contribution in [0.2, 0.25) is 0 Å². The Morgan fingerprint density at radius 2 is 1.85 bits per heavy atom. The second-order valence-corrected chi connectivity index (χ2v) is 10.2. The van der Waals surface area contributed by atoms with Gasteiger partial charge in [0.15, 0.2) is 22.9 Å². The Balaban J connectivity index is 1.42. The lowest BCUT2D eigenvalue weighted by Gasteiger charge is -2.31. The van der Waals surface area contributed by atoms with Crippen LogP contribution in [0.3, 0.4) is 0 Å². The van der Waals surface area contributed by atoms with Crippen molar-refractivity contribution >= 4 is 40.5 Å². The molecule has 1 aromatic heterocycles. The molecule has 0 saturated carbocycles. The van der Waals surface area contributed by atoms with E-state index in [1.807, 2.05) is 0 Å². The van der Waals surface area contributed by atoms with Crippen LogP contribution >= 0.6 is 0 Å². The number of hydrogen-bond acceptors (Lipinski definition) is 7. The number of halogens is 2. The normalized spacial score (nSPS) is 24.3. The van der Waals surface area contributed by atoms with Gasteiger partial charge < -0.3 is 24.3 Å². The summed E-state index contributed by atoms with van der Waals surface area (Å²) in [6.45, 7) is 0.963. The first kappa shape index (κ1) is 25.5. The predicted octanol–water partition coefficient (Wildman–Crippen LogP) is 2.06. The Kier molecular flexibility index (Phi) is 5.31. The molecule has 3 aliphatic rings. The lowest BCUT2D eigenvalue weighted by Crippen LogP contribution is -2.52. The van der Waals surface area contributed by atoms with Crippen molar-refractivity contribution in [1.29, 1.82) is 0 Å². The number of hydrogen-bond donors (Lipinski definition) is 2. The molecule has 4 heterocycles. The molecule has 0 bridgehead atoms. The maximum atomic E-state index is 15.3. The molecule has 2 N–H and O–H groups in total. The highest BCUT2D eigenvalue weighted by Crippen LogP contribution is 2.41. The molecule has 0 spiro atoms. The Hall–Kier alpha value is -4.81. The molecule has 2 atom stereocenters. The van der Waals surface area contributed by atoms with E-state index in [2.05, 4.69) is 10.6 Å². The number of fused-ring (bicyclic) bond motifs is 2. The lowest BCUT2D eigenvalue weighted by atomic mass is 9.87. The summed E-state index contributed by atoms with van der Waals surface area (Å²) in [5, 5.41) is 4.93. The van der Waals surface area contributed by atoms with E-state index in [-0.39, 0.29) is 46.6 Å². The molecule has 0 unspecified atom stereocenters. The van der Waals surface area contributed by atoms with E-state index in [1.165, 1.54) is 55.1 Å². The fourth-order valence-electron chi connectivity index (χ4n) is 5.66. The number of likely N-dealkylation sites (tertiary alicyclic amines) is 1. The van der Waals surface area contributed by atoms with Gasteiger partial charge in [-0.2, -0.15) is 0 Å². The number of imide groups is 1. The first-order valence-corrected chi connectivity index (χ1v) is 12.2. The topological polar surface area (TPSA) is 138 Å². The molecule has 2 aromatic carbocycles. The Morgan fingerprint density at radius 1 is 1.10 bits per heavy atom. The number of likely N-dealkylation sites (N-methyl/N-ethyl adjacent to an activating group) is 1. The highest BCUT2D eigenvalue weighted by atomic mass is 19.1. The van der Waals surface area contributed by atoms with Gasteiger partial charge >= 0.3 is 6.03 Å². The molecule has 6 rings (SSSR count). The number of methoxy groups -OCH3 is 1. The van der Waals surface area contributed by atoms with E-state index >= 15 is 4.39 Å². The molecule has 0 radical (unpaired) electrons. The Bertz CT molecular complexity index is 1700. The maximum absolute atomic E-state index is 15.3. The van der Waals surface area contributed by atoms with E-state index in [0.29, 0.717) is 5.56 Å². The van der Waals surface area contributed by atoms with Crippen LogP contribution in [0.5, 0.6) is 5.75 Å². The predicted molar refractivity (Wildman–Crippen MR) is 132 cm³/mol. The summed E-state index contributed by atoms with van der Waals surface area (Å²) in [5.41, 5.74) is -3.38. The molecule has 3 aromatic rings. The molecule has 0 aliphatic carbocycles. The number of ketones is 1. The average molecular weight is 552 g/mol. The first-order valence-electron chi connectivity index (χ1n) is 12.2. The number of nitrogens with one attached hydrogen (secondary N) is 2. The number of carbonyl (C=O) groups is 5. The monoisotopic (exact) mass is 552 g/mol. The van der Waals surface area contributed by atoms with Crippen molar-refractivity contribution < 1.29 is 41.9 Å². The van der Waals surface area contributed by atoms with E-state index in [9.17, 15) is 28.4 Å². The number of benzene rings is 2. The molecule has 5 amide bonds. The number of urea groups is 1. The summed E-state index contributed by atoms with van der Waals surface area (Å²) in [4.78, 5) is 65.9. The zero-order chi connectivity index (χ0) is 28.7. The number of furan rings is 1. The van der Waals surface area contributed by atoms with Gasteiger partial charge in [-0.25, -0.2) is 13.6 Å². The van der Waals surface area contributed by atoms with Crippen LogP contribution in [0.1, 0.15) is 40.6 Å². The van der Waals surface area contributed by atoms with Crippen molar-refractivity contribution in [1.82, 2.24) is 20.4 Å². The van der Waals surface area contributed by atoms with Crippen LogP contribution in [-0.2, 0) is 32.0 Å². The van der Waals surface area contributed by atoms with Crippen molar-refractivity contribution in [3.63, 3.8) is 0 Å². The number of carbonyl (C=O) groups excluding carboxylic acids is 5. The number of Topliss-reactive ketones (excluding diaryl/α,β-unsaturated/α-hetero) is 1. The highest BCUT2D eigenvalue weighted by molar-refractivity contribution is 6.11. The standard InChI is InChI=1S/C27H22F2N4O7/c1-26(18(34)9-20(35)32(26)2)14-6-13-7-19(40-17(13)8-15(14)28)27(24(37)30-25(38)31-27)11-33-10-12-4-5-16(39-3)22(29)21(12)23(33)36/h4-8H,9-11H2,1-3H3,(H2,30,31,37,38)/t26-,27+/m1/s1. The third kappa shape index (κ3) is 3.29. The largest absolute Gasteiger partial charge is 0.494 e. The number of amides is 5. The molecular weight excluding hydrogens is 530 g/mol. The molecule has 40 heavy (non-hydrogen) atoms. The molecule has 206 valence electrons. The van der Waals surface area contributed by atoms with Crippen LogP contribution in [0, 0.1) is 11.6 Å². The van der Waals surface area contributed by atoms with Crippen molar-refractivity contribution in [2.45, 2.75) is 31.0 Å². The van der Waals surface area contributed by atoms with E-state index in [1.54, 1.807) is 0 Å². The van der Waals surface area contributed by atoms with E-state index in [0.717, 1.165) is 6.07 Å². The minimum atomic E-state index is -1.93. The summed E-state index contributed by atoms with van der Waals surface area (Å²) in [6.07, 6.45) is -0.366. The zero-order valence-electron chi connectivity index (χ0n) is 21.5. The highest BCUT2D eigenvalue weighted by Gasteiger charge is 2.54. The van der Waals surface area contributed by atoms with Gasteiger partial charge in [-0.3, -0.25) is 24.5 Å². The van der Waals surface area contributed by atoms with Crippen molar-refractivity contribution in [3.8, 4) is 5.75 Å². The number of rotatable bonds is 5. The first-order chi connectivity index (χ1) is 18.9. The van der Waals surface area contributed by atoms with Crippen molar-refractivity contribution in [3.05, 3.63) is 64.4 Å². The van der Waals surface area contributed by atoms with Crippen LogP contribution in [-0.4, -0.2) is 60.0 Å². The van der Waals surface area contributed by atoms with Gasteiger partial charge in [-0.1, -0.05) is 6.07 Å². The molecule has 3 aliphatic heterocycles. The average Bonchev–Trinajstić information content (AvgIpc) is 3.60. The van der Waals surface area contributed by atoms with Crippen LogP contribution in [0.25, 0.3) is 11.0 Å². The zero-order valence-corrected chi connectivity index (χ0v) is 21.5. The second kappa shape index (κ2) is 8.34. The molecule has 2 saturated heterocycles. The van der Waals surface area contributed by atoms with E-state index in [4.69, 9.17) is 9.15 Å². The van der Waals surface area contributed by atoms with Crippen molar-refractivity contribution in [2.75, 3.05) is 20.7 Å². The van der Waals surface area contributed by atoms with Gasteiger partial charge in [-0.05, 0) is 30.7 Å². The van der Waals surface area contributed by atoms with E-state index < -0.39 is 58.8 Å². The fourth-order valence-corrected chi connectivity index (χ4v) is 5.66. The van der Waals surface area contributed by atoms with Crippen LogP contribution in [0.4, 0.5) is 13.6 Å². The summed E-state index contributed by atoms with van der Waals surface area (Å²) >= 11 is 0. The van der Waals surface area contributed by atoms with Gasteiger partial charge in [0.1, 0.15) is 22.7 Å². The summed E-state index contributed by atoms with van der Waals surface area (Å²) in [7, 11) is 2.68. The third-order valence-corrected chi connectivity index (χ3v) is 8.10. The third-order valence-electron chi connectivity index (χ3n) is 8.10. The number of ether oxygens (including phenoxy) is 1. The molecule has 11 nitrogen and oxygen atoms in total. The Labute approximate surface area is 225 Å². The maximum Gasteiger partial charge on any atom is 0.322 e. The fraction of sp³-hybridized carbons (Fsp3) is 0.296. The van der Waals surface area contributed by atoms with Gasteiger partial charge in [-0.15, -0.1) is 0 Å². The lowest BCUT2D eigenvalue weighted by molar-refractivity contribution is -0.130. The van der Waals surface area contributed by atoms with Crippen LogP contribution < -0.4 is 15.4 Å². The minimum absolute atomic E-state index is 0.000542. The van der Waals surface area contributed by atoms with Crippen molar-refractivity contribution in [2.24, 2.45) is 0 Å². The SMILES string of the molecule is COc1ccc2c(c1F)C(=O)N(C[C@@]1(c3cc4cc([C@]5(C)C(=O)CC(=O)N5C)c(F)cc4o3)NC(=O)NC1=O)C2. The summed E-state index contributed by atoms with van der Waals surface area (Å²) in [6, 6.07) is 5.85. The minimum Gasteiger partial charge on any atom is -0.494 e.